The maximum absolute atomic E-state index is 12.5. The number of esters is 1. The van der Waals surface area contributed by atoms with Gasteiger partial charge in [-0.25, -0.2) is 4.79 Å². The molecular weight excluding hydrogens is 314 g/mol. The van der Waals surface area contributed by atoms with E-state index < -0.39 is 0 Å². The molecule has 25 heavy (non-hydrogen) atoms. The average molecular weight is 345 g/mol. The number of amides is 1. The molecule has 0 spiro atoms. The Labute approximate surface area is 151 Å². The van der Waals surface area contributed by atoms with E-state index in [1.165, 1.54) is 19.3 Å². The Morgan fingerprint density at radius 2 is 1.92 bits per heavy atom. The quantitative estimate of drug-likeness (QED) is 0.692. The van der Waals surface area contributed by atoms with Gasteiger partial charge in [0.1, 0.15) is 0 Å². The van der Waals surface area contributed by atoms with Gasteiger partial charge in [0.25, 0.3) is 0 Å². The van der Waals surface area contributed by atoms with E-state index in [1.54, 1.807) is 18.2 Å². The summed E-state index contributed by atoms with van der Waals surface area (Å²) in [6.45, 7) is 5.87. The van der Waals surface area contributed by atoms with Crippen LogP contribution in [0.25, 0.3) is 0 Å². The van der Waals surface area contributed by atoms with Crippen molar-refractivity contribution in [3.8, 4) is 0 Å². The first-order chi connectivity index (χ1) is 12.0. The van der Waals surface area contributed by atoms with E-state index in [4.69, 9.17) is 4.74 Å². The van der Waals surface area contributed by atoms with Crippen LogP contribution in [-0.4, -0.2) is 18.0 Å². The van der Waals surface area contributed by atoms with E-state index in [9.17, 15) is 9.59 Å². The zero-order valence-corrected chi connectivity index (χ0v) is 15.7. The third-order valence-electron chi connectivity index (χ3n) is 4.89. The molecule has 1 saturated carbocycles. The first-order valence-electron chi connectivity index (χ1n) is 9.61. The number of ether oxygens (including phenoxy) is 1. The van der Waals surface area contributed by atoms with E-state index in [0.717, 1.165) is 31.6 Å². The van der Waals surface area contributed by atoms with Crippen LogP contribution in [0.1, 0.15) is 76.1 Å². The predicted molar refractivity (Wildman–Crippen MR) is 101 cm³/mol. The summed E-state index contributed by atoms with van der Waals surface area (Å²) in [6, 6.07) is 6.99. The molecule has 1 aliphatic carbocycles. The lowest BCUT2D eigenvalue weighted by Gasteiger charge is -2.27. The molecular formula is C21H31NO3. The van der Waals surface area contributed by atoms with Crippen LogP contribution in [-0.2, 0) is 9.53 Å². The summed E-state index contributed by atoms with van der Waals surface area (Å²) in [7, 11) is 0. The molecule has 2 rings (SSSR count). The van der Waals surface area contributed by atoms with Gasteiger partial charge in [-0.05, 0) is 63.6 Å². The van der Waals surface area contributed by atoms with Gasteiger partial charge in [-0.1, -0.05) is 32.3 Å². The number of unbranched alkanes of at least 4 members (excludes halogenated alkanes) is 1. The molecule has 1 aliphatic rings. The fourth-order valence-corrected chi connectivity index (χ4v) is 3.46. The number of hydrogen-bond acceptors (Lipinski definition) is 3. The topological polar surface area (TPSA) is 55.4 Å². The summed E-state index contributed by atoms with van der Waals surface area (Å²) >= 11 is 0. The molecule has 138 valence electrons. The second kappa shape index (κ2) is 9.59. The van der Waals surface area contributed by atoms with E-state index in [2.05, 4.69) is 12.2 Å². The molecule has 4 nitrogen and oxygen atoms in total. The highest BCUT2D eigenvalue weighted by molar-refractivity contribution is 5.95. The van der Waals surface area contributed by atoms with Gasteiger partial charge in [0.15, 0.2) is 0 Å². The minimum absolute atomic E-state index is 0.0725. The smallest absolute Gasteiger partial charge is 0.338 e. The Bertz CT molecular complexity index is 574. The molecule has 0 unspecified atom stereocenters. The normalized spacial score (nSPS) is 20.3. The highest BCUT2D eigenvalue weighted by atomic mass is 16.5. The molecule has 0 saturated heterocycles. The van der Waals surface area contributed by atoms with Crippen molar-refractivity contribution in [2.45, 2.75) is 71.8 Å². The summed E-state index contributed by atoms with van der Waals surface area (Å²) < 4.78 is 5.20. The molecule has 1 N–H and O–H groups in total. The first-order valence-corrected chi connectivity index (χ1v) is 9.61. The van der Waals surface area contributed by atoms with E-state index in [0.29, 0.717) is 11.3 Å². The fourth-order valence-electron chi connectivity index (χ4n) is 3.46. The number of carbonyl (C=O) groups excluding carboxylic acids is 2. The van der Waals surface area contributed by atoms with Gasteiger partial charge >= 0.3 is 5.97 Å². The molecule has 1 aromatic rings. The third-order valence-corrected chi connectivity index (χ3v) is 4.89. The lowest BCUT2D eigenvalue weighted by Crippen LogP contribution is -2.27. The van der Waals surface area contributed by atoms with Gasteiger partial charge in [0, 0.05) is 11.6 Å². The number of carbonyl (C=O) groups is 2. The van der Waals surface area contributed by atoms with Crippen molar-refractivity contribution in [3.05, 3.63) is 29.8 Å². The Hall–Kier alpha value is -1.84. The number of rotatable bonds is 7. The largest absolute Gasteiger partial charge is 0.459 e. The van der Waals surface area contributed by atoms with Crippen molar-refractivity contribution in [2.24, 2.45) is 11.8 Å². The highest BCUT2D eigenvalue weighted by Gasteiger charge is 2.26. The summed E-state index contributed by atoms with van der Waals surface area (Å²) in [4.78, 5) is 24.5. The minimum atomic E-state index is -0.359. The van der Waals surface area contributed by atoms with Crippen LogP contribution >= 0.6 is 0 Å². The van der Waals surface area contributed by atoms with Crippen LogP contribution in [0.2, 0.25) is 0 Å². The molecule has 1 fully saturated rings. The van der Waals surface area contributed by atoms with Crippen LogP contribution < -0.4 is 5.32 Å². The summed E-state index contributed by atoms with van der Waals surface area (Å²) in [5.41, 5.74) is 1.13. The maximum atomic E-state index is 12.5. The van der Waals surface area contributed by atoms with Gasteiger partial charge < -0.3 is 10.1 Å². The Balaban J connectivity index is 1.88. The van der Waals surface area contributed by atoms with Crippen molar-refractivity contribution in [3.63, 3.8) is 0 Å². The van der Waals surface area contributed by atoms with E-state index in [-0.39, 0.29) is 23.9 Å². The van der Waals surface area contributed by atoms with Crippen LogP contribution in [0, 0.1) is 11.8 Å². The highest BCUT2D eigenvalue weighted by Crippen LogP contribution is 2.32. The lowest BCUT2D eigenvalue weighted by atomic mass is 9.79. The van der Waals surface area contributed by atoms with E-state index in [1.807, 2.05) is 19.9 Å². The molecule has 0 aromatic heterocycles. The van der Waals surface area contributed by atoms with Crippen molar-refractivity contribution in [1.29, 1.82) is 0 Å². The van der Waals surface area contributed by atoms with Gasteiger partial charge in [-0.3, -0.25) is 4.79 Å². The zero-order valence-electron chi connectivity index (χ0n) is 15.7. The summed E-state index contributed by atoms with van der Waals surface area (Å²) in [6.07, 6.45) is 7.91. The second-order valence-corrected chi connectivity index (χ2v) is 7.38. The molecule has 0 radical (unpaired) electrons. The van der Waals surface area contributed by atoms with Crippen LogP contribution in [0.5, 0.6) is 0 Å². The zero-order chi connectivity index (χ0) is 18.2. The third kappa shape index (κ3) is 6.18. The van der Waals surface area contributed by atoms with E-state index >= 15 is 0 Å². The molecule has 0 aliphatic heterocycles. The molecule has 4 heteroatoms. The number of anilines is 1. The van der Waals surface area contributed by atoms with Gasteiger partial charge in [-0.2, -0.15) is 0 Å². The average Bonchev–Trinajstić information content (AvgIpc) is 2.60. The molecule has 0 heterocycles. The SMILES string of the molecule is CCCCC1CCC(C(=O)Nc2cccc(C(=O)OC(C)C)c2)CC1. The van der Waals surface area contributed by atoms with Gasteiger partial charge in [-0.15, -0.1) is 0 Å². The van der Waals surface area contributed by atoms with Crippen molar-refractivity contribution in [2.75, 3.05) is 5.32 Å². The molecule has 0 bridgehead atoms. The van der Waals surface area contributed by atoms with Crippen molar-refractivity contribution in [1.82, 2.24) is 0 Å². The summed E-state index contributed by atoms with van der Waals surface area (Å²) in [5.74, 6) is 0.591. The predicted octanol–water partition coefficient (Wildman–Crippen LogP) is 5.19. The number of hydrogen-bond donors (Lipinski definition) is 1. The van der Waals surface area contributed by atoms with Crippen LogP contribution in [0.4, 0.5) is 5.69 Å². The second-order valence-electron chi connectivity index (χ2n) is 7.38. The Morgan fingerprint density at radius 1 is 1.20 bits per heavy atom. The number of benzene rings is 1. The monoisotopic (exact) mass is 345 g/mol. The molecule has 1 aromatic carbocycles. The number of nitrogens with one attached hydrogen (secondary N) is 1. The van der Waals surface area contributed by atoms with Gasteiger partial charge in [0.05, 0.1) is 11.7 Å². The van der Waals surface area contributed by atoms with Gasteiger partial charge in [0.2, 0.25) is 5.91 Å². The molecule has 1 amide bonds. The lowest BCUT2D eigenvalue weighted by molar-refractivity contribution is -0.121. The van der Waals surface area contributed by atoms with Crippen LogP contribution in [0.15, 0.2) is 24.3 Å². The fraction of sp³-hybridized carbons (Fsp3) is 0.619. The maximum Gasteiger partial charge on any atom is 0.338 e. The standard InChI is InChI=1S/C21H31NO3/c1-4-5-7-16-10-12-17(13-11-16)20(23)22-19-9-6-8-18(14-19)21(24)25-15(2)3/h6,8-9,14-17H,4-5,7,10-13H2,1-3H3,(H,22,23). The van der Waals surface area contributed by atoms with Crippen molar-refractivity contribution < 1.29 is 14.3 Å². The Morgan fingerprint density at radius 3 is 2.56 bits per heavy atom. The van der Waals surface area contributed by atoms with Crippen molar-refractivity contribution >= 4 is 17.6 Å². The minimum Gasteiger partial charge on any atom is -0.459 e. The molecule has 0 atom stereocenters. The summed E-state index contributed by atoms with van der Waals surface area (Å²) in [5, 5.41) is 2.97. The van der Waals surface area contributed by atoms with Crippen LogP contribution in [0.3, 0.4) is 0 Å². The first kappa shape index (κ1) is 19.5. The Kier molecular flexibility index (Phi) is 7.48.